The molecule has 0 spiro atoms. The van der Waals surface area contributed by atoms with E-state index in [0.29, 0.717) is 17.9 Å². The molecule has 0 radical (unpaired) electrons. The first kappa shape index (κ1) is 19.7. The number of morpholine rings is 1. The number of ether oxygens (including phenoxy) is 1. The number of rotatable bonds is 9. The number of aliphatic imine (C=N–C) groups is 1. The first-order valence-corrected chi connectivity index (χ1v) is 9.64. The van der Waals surface area contributed by atoms with Gasteiger partial charge in [0, 0.05) is 25.7 Å². The van der Waals surface area contributed by atoms with Crippen LogP contribution in [0.1, 0.15) is 32.3 Å². The van der Waals surface area contributed by atoms with E-state index in [1.807, 2.05) is 6.07 Å². The Morgan fingerprint density at radius 3 is 2.52 bits per heavy atom. The van der Waals surface area contributed by atoms with Crippen LogP contribution in [0.15, 0.2) is 35.3 Å². The van der Waals surface area contributed by atoms with Crippen LogP contribution in [0, 0.1) is 5.92 Å². The van der Waals surface area contributed by atoms with Crippen LogP contribution in [0.3, 0.4) is 0 Å². The van der Waals surface area contributed by atoms with Crippen LogP contribution in [0.5, 0.6) is 0 Å². The first-order chi connectivity index (χ1) is 12.2. The molecule has 1 aromatic rings. The second kappa shape index (κ2) is 11.1. The van der Waals surface area contributed by atoms with Crippen LogP contribution in [-0.4, -0.2) is 56.3 Å². The Labute approximate surface area is 152 Å². The molecular weight excluding hydrogens is 312 g/mol. The summed E-state index contributed by atoms with van der Waals surface area (Å²) in [7, 11) is 0. The Morgan fingerprint density at radius 1 is 1.20 bits per heavy atom. The molecule has 5 nitrogen and oxygen atoms in total. The van der Waals surface area contributed by atoms with E-state index in [1.54, 1.807) is 0 Å². The van der Waals surface area contributed by atoms with Crippen molar-refractivity contribution < 1.29 is 4.74 Å². The number of nitrogens with one attached hydrogen (secondary N) is 1. The van der Waals surface area contributed by atoms with Crippen LogP contribution in [0.2, 0.25) is 0 Å². The molecule has 1 aromatic carbocycles. The fourth-order valence-electron chi connectivity index (χ4n) is 3.53. The molecule has 1 unspecified atom stereocenters. The molecule has 25 heavy (non-hydrogen) atoms. The topological polar surface area (TPSA) is 62.9 Å². The van der Waals surface area contributed by atoms with Crippen molar-refractivity contribution in [3.05, 3.63) is 35.9 Å². The van der Waals surface area contributed by atoms with E-state index in [-0.39, 0.29) is 0 Å². The second-order valence-corrected chi connectivity index (χ2v) is 6.68. The molecule has 1 aliphatic rings. The lowest BCUT2D eigenvalue weighted by molar-refractivity contribution is 0.00396. The zero-order valence-electron chi connectivity index (χ0n) is 15.8. The number of nitrogens with two attached hydrogens (primary N) is 1. The molecule has 0 bridgehead atoms. The van der Waals surface area contributed by atoms with Gasteiger partial charge in [0.1, 0.15) is 0 Å². The van der Waals surface area contributed by atoms with Crippen LogP contribution < -0.4 is 11.1 Å². The molecule has 1 saturated heterocycles. The minimum absolute atomic E-state index is 0.452. The summed E-state index contributed by atoms with van der Waals surface area (Å²) in [5, 5.41) is 3.25. The van der Waals surface area contributed by atoms with Crippen molar-refractivity contribution in [2.75, 3.05) is 39.4 Å². The van der Waals surface area contributed by atoms with Crippen LogP contribution in [-0.2, 0) is 11.2 Å². The van der Waals surface area contributed by atoms with E-state index in [2.05, 4.69) is 53.3 Å². The van der Waals surface area contributed by atoms with Crippen LogP contribution in [0.25, 0.3) is 0 Å². The fourth-order valence-corrected chi connectivity index (χ4v) is 3.53. The number of guanidine groups is 1. The van der Waals surface area contributed by atoms with Gasteiger partial charge < -0.3 is 15.8 Å². The van der Waals surface area contributed by atoms with Crippen LogP contribution >= 0.6 is 0 Å². The Morgan fingerprint density at radius 2 is 1.88 bits per heavy atom. The maximum Gasteiger partial charge on any atom is 0.188 e. The van der Waals surface area contributed by atoms with E-state index in [9.17, 15) is 0 Å². The molecule has 0 amide bonds. The molecule has 2 rings (SSSR count). The van der Waals surface area contributed by atoms with Gasteiger partial charge in [-0.2, -0.15) is 0 Å². The summed E-state index contributed by atoms with van der Waals surface area (Å²) in [6.07, 6.45) is 3.31. The van der Waals surface area contributed by atoms with Crippen molar-refractivity contribution in [2.45, 2.75) is 39.2 Å². The maximum atomic E-state index is 6.09. The molecule has 3 N–H and O–H groups in total. The summed E-state index contributed by atoms with van der Waals surface area (Å²) >= 11 is 0. The number of hydrogen-bond acceptors (Lipinski definition) is 3. The van der Waals surface area contributed by atoms with E-state index in [0.717, 1.165) is 45.8 Å². The molecule has 140 valence electrons. The van der Waals surface area contributed by atoms with Crippen molar-refractivity contribution in [2.24, 2.45) is 16.6 Å². The summed E-state index contributed by atoms with van der Waals surface area (Å²) in [4.78, 5) is 7.18. The summed E-state index contributed by atoms with van der Waals surface area (Å²) in [6.45, 7) is 9.76. The van der Waals surface area contributed by atoms with Gasteiger partial charge in [-0.25, -0.2) is 0 Å². The lowest BCUT2D eigenvalue weighted by Crippen LogP contribution is -2.49. The van der Waals surface area contributed by atoms with Crippen LogP contribution in [0.4, 0.5) is 0 Å². The molecule has 0 saturated carbocycles. The Balaban J connectivity index is 1.85. The Kier molecular flexibility index (Phi) is 8.77. The summed E-state index contributed by atoms with van der Waals surface area (Å²) in [5.74, 6) is 1.21. The average Bonchev–Trinajstić information content (AvgIpc) is 2.66. The van der Waals surface area contributed by atoms with Crippen molar-refractivity contribution in [3.63, 3.8) is 0 Å². The minimum Gasteiger partial charge on any atom is -0.379 e. The van der Waals surface area contributed by atoms with E-state index in [4.69, 9.17) is 10.5 Å². The van der Waals surface area contributed by atoms with Gasteiger partial charge in [-0.3, -0.25) is 9.89 Å². The predicted octanol–water partition coefficient (Wildman–Crippen LogP) is 2.27. The third kappa shape index (κ3) is 6.67. The third-order valence-corrected chi connectivity index (χ3v) is 5.12. The molecule has 5 heteroatoms. The SMILES string of the molecule is CCC(CC)C(CN=C(N)NCCc1ccccc1)N1CCOCC1. The molecule has 1 heterocycles. The average molecular weight is 347 g/mol. The molecule has 1 fully saturated rings. The highest BCUT2D eigenvalue weighted by Crippen LogP contribution is 2.20. The van der Waals surface area contributed by atoms with E-state index >= 15 is 0 Å². The van der Waals surface area contributed by atoms with Gasteiger partial charge in [0.15, 0.2) is 5.96 Å². The maximum absolute atomic E-state index is 6.09. The Bertz CT molecular complexity index is 496. The molecule has 0 aromatic heterocycles. The van der Waals surface area contributed by atoms with Gasteiger partial charge in [0.05, 0.1) is 19.8 Å². The summed E-state index contributed by atoms with van der Waals surface area (Å²) in [5.41, 5.74) is 7.41. The zero-order valence-corrected chi connectivity index (χ0v) is 15.8. The minimum atomic E-state index is 0.452. The van der Waals surface area contributed by atoms with E-state index in [1.165, 1.54) is 18.4 Å². The van der Waals surface area contributed by atoms with Crippen molar-refractivity contribution in [1.82, 2.24) is 10.2 Å². The monoisotopic (exact) mass is 346 g/mol. The first-order valence-electron chi connectivity index (χ1n) is 9.64. The number of hydrogen-bond donors (Lipinski definition) is 2. The van der Waals surface area contributed by atoms with Gasteiger partial charge in [-0.05, 0) is 17.9 Å². The molecule has 0 aliphatic carbocycles. The van der Waals surface area contributed by atoms with Crippen molar-refractivity contribution in [1.29, 1.82) is 0 Å². The predicted molar refractivity (Wildman–Crippen MR) is 105 cm³/mol. The summed E-state index contributed by atoms with van der Waals surface area (Å²) < 4.78 is 5.50. The molecule has 1 atom stereocenters. The lowest BCUT2D eigenvalue weighted by atomic mass is 9.92. The quantitative estimate of drug-likeness (QED) is 0.532. The van der Waals surface area contributed by atoms with Gasteiger partial charge in [0.2, 0.25) is 0 Å². The molecule has 1 aliphatic heterocycles. The number of nitrogens with zero attached hydrogens (tertiary/aromatic N) is 2. The molecular formula is C20H34N4O. The van der Waals surface area contributed by atoms with Crippen molar-refractivity contribution >= 4 is 5.96 Å². The smallest absolute Gasteiger partial charge is 0.188 e. The highest BCUT2D eigenvalue weighted by Gasteiger charge is 2.26. The van der Waals surface area contributed by atoms with Gasteiger partial charge >= 0.3 is 0 Å². The normalized spacial score (nSPS) is 17.6. The second-order valence-electron chi connectivity index (χ2n) is 6.68. The zero-order chi connectivity index (χ0) is 17.9. The van der Waals surface area contributed by atoms with E-state index < -0.39 is 0 Å². The highest BCUT2D eigenvalue weighted by atomic mass is 16.5. The Hall–Kier alpha value is -1.59. The van der Waals surface area contributed by atoms with Crippen molar-refractivity contribution in [3.8, 4) is 0 Å². The van der Waals surface area contributed by atoms with Gasteiger partial charge in [-0.15, -0.1) is 0 Å². The fraction of sp³-hybridized carbons (Fsp3) is 0.650. The van der Waals surface area contributed by atoms with Gasteiger partial charge in [0.25, 0.3) is 0 Å². The standard InChI is InChI=1S/C20H34N4O/c1-3-18(4-2)19(24-12-14-25-15-13-24)16-23-20(21)22-11-10-17-8-6-5-7-9-17/h5-9,18-19H,3-4,10-16H2,1-2H3,(H3,21,22,23). The lowest BCUT2D eigenvalue weighted by Gasteiger charge is -2.38. The summed E-state index contributed by atoms with van der Waals surface area (Å²) in [6, 6.07) is 10.9. The highest BCUT2D eigenvalue weighted by molar-refractivity contribution is 5.77. The third-order valence-electron chi connectivity index (χ3n) is 5.12. The van der Waals surface area contributed by atoms with Gasteiger partial charge in [-0.1, -0.05) is 57.0 Å². The number of benzene rings is 1. The largest absolute Gasteiger partial charge is 0.379 e.